The van der Waals surface area contributed by atoms with E-state index < -0.39 is 0 Å². The van der Waals surface area contributed by atoms with Crippen molar-refractivity contribution in [1.29, 1.82) is 0 Å². The number of aryl methyl sites for hydroxylation is 1. The van der Waals surface area contributed by atoms with Crippen LogP contribution in [0.5, 0.6) is 5.75 Å². The van der Waals surface area contributed by atoms with Crippen LogP contribution in [0.25, 0.3) is 0 Å². The van der Waals surface area contributed by atoms with E-state index >= 15 is 0 Å². The van der Waals surface area contributed by atoms with Crippen LogP contribution in [0.2, 0.25) is 0 Å². The average Bonchev–Trinajstić information content (AvgIpc) is 2.44. The van der Waals surface area contributed by atoms with Crippen LogP contribution >= 0.6 is 0 Å². The topological polar surface area (TPSA) is 21.3 Å². The zero-order valence-electron chi connectivity index (χ0n) is 13.8. The van der Waals surface area contributed by atoms with Crippen molar-refractivity contribution >= 4 is 0 Å². The van der Waals surface area contributed by atoms with E-state index in [-0.39, 0.29) is 0 Å². The Bertz CT molecular complexity index is 389. The molecule has 0 aromatic heterocycles. The molecule has 0 aliphatic carbocycles. The highest BCUT2D eigenvalue weighted by atomic mass is 16.5. The number of ether oxygens (including phenoxy) is 1. The molecule has 0 saturated heterocycles. The van der Waals surface area contributed by atoms with E-state index in [1.54, 1.807) is 7.11 Å². The van der Waals surface area contributed by atoms with Crippen molar-refractivity contribution < 1.29 is 4.74 Å². The molecule has 1 rings (SSSR count). The van der Waals surface area contributed by atoms with Crippen molar-refractivity contribution in [2.24, 2.45) is 5.92 Å². The van der Waals surface area contributed by atoms with Gasteiger partial charge in [-0.2, -0.15) is 0 Å². The Hall–Kier alpha value is -1.02. The summed E-state index contributed by atoms with van der Waals surface area (Å²) in [6.45, 7) is 10.1. The monoisotopic (exact) mass is 277 g/mol. The lowest BCUT2D eigenvalue weighted by atomic mass is 9.93. The van der Waals surface area contributed by atoms with E-state index in [1.165, 1.54) is 30.4 Å². The Balaban J connectivity index is 2.79. The minimum absolute atomic E-state index is 0.542. The van der Waals surface area contributed by atoms with Crippen LogP contribution < -0.4 is 10.1 Å². The van der Waals surface area contributed by atoms with Crippen molar-refractivity contribution in [3.63, 3.8) is 0 Å². The summed E-state index contributed by atoms with van der Waals surface area (Å²) in [5, 5.41) is 3.70. The van der Waals surface area contributed by atoms with E-state index in [0.29, 0.717) is 6.04 Å². The molecule has 0 spiro atoms. The number of hydrogen-bond donors (Lipinski definition) is 1. The van der Waals surface area contributed by atoms with Crippen molar-refractivity contribution in [3.8, 4) is 5.75 Å². The lowest BCUT2D eigenvalue weighted by Gasteiger charge is -2.23. The van der Waals surface area contributed by atoms with E-state index in [1.807, 2.05) is 0 Å². The molecule has 2 nitrogen and oxygen atoms in total. The fourth-order valence-corrected chi connectivity index (χ4v) is 2.57. The molecule has 1 aromatic carbocycles. The Morgan fingerprint density at radius 3 is 2.60 bits per heavy atom. The largest absolute Gasteiger partial charge is 0.496 e. The summed E-state index contributed by atoms with van der Waals surface area (Å²) in [7, 11) is 1.76. The van der Waals surface area contributed by atoms with Crippen LogP contribution in [0.4, 0.5) is 0 Å². The Morgan fingerprint density at radius 1 is 1.25 bits per heavy atom. The standard InChI is InChI=1S/C18H31NO/c1-6-10-19-17(12-14(3)7-2)13-16-11-15(4)8-9-18(16)20-5/h8-9,11,14,17,19H,6-7,10,12-13H2,1-5H3. The number of nitrogens with one attached hydrogen (secondary N) is 1. The van der Waals surface area contributed by atoms with Gasteiger partial charge in [-0.15, -0.1) is 0 Å². The molecule has 20 heavy (non-hydrogen) atoms. The summed E-state index contributed by atoms with van der Waals surface area (Å²) < 4.78 is 5.51. The van der Waals surface area contributed by atoms with Crippen molar-refractivity contribution in [1.82, 2.24) is 5.32 Å². The summed E-state index contributed by atoms with van der Waals surface area (Å²) in [5.74, 6) is 1.78. The van der Waals surface area contributed by atoms with E-state index in [4.69, 9.17) is 4.74 Å². The maximum absolute atomic E-state index is 5.51. The van der Waals surface area contributed by atoms with Gasteiger partial charge in [-0.1, -0.05) is 44.9 Å². The van der Waals surface area contributed by atoms with Crippen molar-refractivity contribution in [3.05, 3.63) is 29.3 Å². The van der Waals surface area contributed by atoms with E-state index in [9.17, 15) is 0 Å². The molecule has 0 heterocycles. The zero-order valence-corrected chi connectivity index (χ0v) is 13.8. The third kappa shape index (κ3) is 5.54. The molecular formula is C18H31NO. The minimum Gasteiger partial charge on any atom is -0.496 e. The second-order valence-corrected chi connectivity index (χ2v) is 5.92. The normalized spacial score (nSPS) is 14.1. The molecule has 0 bridgehead atoms. The molecule has 114 valence electrons. The van der Waals surface area contributed by atoms with E-state index in [2.05, 4.69) is 51.2 Å². The molecule has 0 saturated carbocycles. The maximum Gasteiger partial charge on any atom is 0.122 e. The Morgan fingerprint density at radius 2 is 2.00 bits per heavy atom. The van der Waals surface area contributed by atoms with Gasteiger partial charge in [0, 0.05) is 6.04 Å². The first-order valence-electron chi connectivity index (χ1n) is 7.97. The number of hydrogen-bond acceptors (Lipinski definition) is 2. The highest BCUT2D eigenvalue weighted by Crippen LogP contribution is 2.23. The van der Waals surface area contributed by atoms with Crippen molar-refractivity contribution in [2.45, 2.75) is 59.4 Å². The summed E-state index contributed by atoms with van der Waals surface area (Å²) in [6.07, 6.45) is 4.71. The predicted molar refractivity (Wildman–Crippen MR) is 87.6 cm³/mol. The number of rotatable bonds is 9. The lowest BCUT2D eigenvalue weighted by molar-refractivity contribution is 0.377. The fourth-order valence-electron chi connectivity index (χ4n) is 2.57. The van der Waals surface area contributed by atoms with Crippen LogP contribution in [0.15, 0.2) is 18.2 Å². The second kappa shape index (κ2) is 9.02. The van der Waals surface area contributed by atoms with Crippen LogP contribution in [-0.4, -0.2) is 19.7 Å². The predicted octanol–water partition coefficient (Wildman–Crippen LogP) is 4.35. The summed E-state index contributed by atoms with van der Waals surface area (Å²) in [5.41, 5.74) is 2.63. The summed E-state index contributed by atoms with van der Waals surface area (Å²) in [6, 6.07) is 7.01. The highest BCUT2D eigenvalue weighted by Gasteiger charge is 2.15. The molecule has 1 aromatic rings. The molecule has 0 radical (unpaired) electrons. The molecule has 0 aliphatic heterocycles. The smallest absolute Gasteiger partial charge is 0.122 e. The Kier molecular flexibility index (Phi) is 7.68. The first-order valence-corrected chi connectivity index (χ1v) is 7.97. The number of methoxy groups -OCH3 is 1. The third-order valence-corrected chi connectivity index (χ3v) is 3.97. The first kappa shape index (κ1) is 17.0. The van der Waals surface area contributed by atoms with Gasteiger partial charge < -0.3 is 10.1 Å². The second-order valence-electron chi connectivity index (χ2n) is 5.92. The van der Waals surface area contributed by atoms with Crippen LogP contribution in [-0.2, 0) is 6.42 Å². The Labute approximate surface area is 124 Å². The van der Waals surface area contributed by atoms with Gasteiger partial charge >= 0.3 is 0 Å². The molecule has 2 unspecified atom stereocenters. The average molecular weight is 277 g/mol. The summed E-state index contributed by atoms with van der Waals surface area (Å²) in [4.78, 5) is 0. The van der Waals surface area contributed by atoms with Gasteiger partial charge in [0.2, 0.25) is 0 Å². The molecule has 1 N–H and O–H groups in total. The van der Waals surface area contributed by atoms with Gasteiger partial charge in [0.05, 0.1) is 7.11 Å². The molecular weight excluding hydrogens is 246 g/mol. The van der Waals surface area contributed by atoms with Gasteiger partial charge in [-0.25, -0.2) is 0 Å². The molecule has 0 fully saturated rings. The van der Waals surface area contributed by atoms with Gasteiger partial charge in [0.1, 0.15) is 5.75 Å². The zero-order chi connectivity index (χ0) is 15.0. The highest BCUT2D eigenvalue weighted by molar-refractivity contribution is 5.37. The number of benzene rings is 1. The SMILES string of the molecule is CCCNC(Cc1cc(C)ccc1OC)CC(C)CC. The quantitative estimate of drug-likeness (QED) is 0.724. The van der Waals surface area contributed by atoms with Crippen molar-refractivity contribution in [2.75, 3.05) is 13.7 Å². The van der Waals surface area contributed by atoms with Gasteiger partial charge in [-0.3, -0.25) is 0 Å². The minimum atomic E-state index is 0.542. The van der Waals surface area contributed by atoms with Gasteiger partial charge in [0.25, 0.3) is 0 Å². The van der Waals surface area contributed by atoms with Gasteiger partial charge in [0.15, 0.2) is 0 Å². The van der Waals surface area contributed by atoms with Crippen LogP contribution in [0, 0.1) is 12.8 Å². The maximum atomic E-state index is 5.51. The third-order valence-electron chi connectivity index (χ3n) is 3.97. The van der Waals surface area contributed by atoms with E-state index in [0.717, 1.165) is 24.6 Å². The molecule has 2 heteroatoms. The molecule has 0 aliphatic rings. The lowest BCUT2D eigenvalue weighted by Crippen LogP contribution is -2.33. The summed E-state index contributed by atoms with van der Waals surface area (Å²) >= 11 is 0. The van der Waals surface area contributed by atoms with Crippen LogP contribution in [0.3, 0.4) is 0 Å². The first-order chi connectivity index (χ1) is 9.60. The molecule has 2 atom stereocenters. The molecule has 0 amide bonds. The fraction of sp³-hybridized carbons (Fsp3) is 0.667. The van der Waals surface area contributed by atoms with Gasteiger partial charge in [-0.05, 0) is 50.3 Å². The van der Waals surface area contributed by atoms with Crippen LogP contribution in [0.1, 0.15) is 51.2 Å².